The van der Waals surface area contributed by atoms with Crippen LogP contribution in [0, 0.1) is 5.92 Å². The average molecular weight is 379 g/mol. The molecule has 2 heterocycles. The number of nitrogens with one attached hydrogen (secondary N) is 2. The first kappa shape index (κ1) is 19.5. The Morgan fingerprint density at radius 3 is 2.54 bits per heavy atom. The minimum atomic E-state index is -0.577. The third kappa shape index (κ3) is 4.94. The zero-order valence-corrected chi connectivity index (χ0v) is 16.1. The van der Waals surface area contributed by atoms with Gasteiger partial charge in [-0.25, -0.2) is 0 Å². The van der Waals surface area contributed by atoms with Crippen molar-refractivity contribution in [3.05, 3.63) is 66.1 Å². The van der Waals surface area contributed by atoms with Crippen LogP contribution >= 0.6 is 0 Å². The van der Waals surface area contributed by atoms with Crippen LogP contribution in [0.3, 0.4) is 0 Å². The van der Waals surface area contributed by atoms with Gasteiger partial charge in [0.15, 0.2) is 5.65 Å². The Bertz CT molecular complexity index is 936. The summed E-state index contributed by atoms with van der Waals surface area (Å²) in [5, 5.41) is 14.0. The maximum Gasteiger partial charge on any atom is 0.242 e. The molecule has 7 heteroatoms. The number of hydrogen-bond acceptors (Lipinski definition) is 4. The van der Waals surface area contributed by atoms with E-state index in [0.29, 0.717) is 13.0 Å². The van der Waals surface area contributed by atoms with Crippen molar-refractivity contribution in [2.45, 2.75) is 32.7 Å². The maximum absolute atomic E-state index is 12.6. The molecule has 0 spiro atoms. The molecule has 0 aliphatic carbocycles. The summed E-state index contributed by atoms with van der Waals surface area (Å²) in [6, 6.07) is 14.6. The van der Waals surface area contributed by atoms with Gasteiger partial charge in [0.1, 0.15) is 11.9 Å². The fourth-order valence-electron chi connectivity index (χ4n) is 3.01. The molecule has 2 amide bonds. The Kier molecular flexibility index (Phi) is 6.37. The normalized spacial score (nSPS) is 12.1. The van der Waals surface area contributed by atoms with Gasteiger partial charge >= 0.3 is 0 Å². The summed E-state index contributed by atoms with van der Waals surface area (Å²) in [5.74, 6) is 0.410. The lowest BCUT2D eigenvalue weighted by Gasteiger charge is -2.21. The molecule has 2 aromatic heterocycles. The van der Waals surface area contributed by atoms with E-state index in [1.54, 1.807) is 0 Å². The Morgan fingerprint density at radius 1 is 1.04 bits per heavy atom. The maximum atomic E-state index is 12.6. The Morgan fingerprint density at radius 2 is 1.79 bits per heavy atom. The number of rotatable bonds is 8. The SMILES string of the molecule is CC(C)C(NC(=O)Cc1ccccc1)C(=O)NCCc1nnc2ccccn12. The lowest BCUT2D eigenvalue weighted by Crippen LogP contribution is -2.50. The molecule has 28 heavy (non-hydrogen) atoms. The van der Waals surface area contributed by atoms with Crippen LogP contribution in [-0.2, 0) is 22.4 Å². The molecule has 0 aliphatic heterocycles. The number of aromatic nitrogens is 3. The van der Waals surface area contributed by atoms with Crippen molar-refractivity contribution in [2.24, 2.45) is 5.92 Å². The molecule has 146 valence electrons. The van der Waals surface area contributed by atoms with E-state index in [2.05, 4.69) is 20.8 Å². The molecule has 0 bridgehead atoms. The molecule has 3 rings (SSSR count). The number of fused-ring (bicyclic) bond motifs is 1. The Labute approximate surface area is 164 Å². The molecule has 0 saturated carbocycles. The van der Waals surface area contributed by atoms with E-state index in [9.17, 15) is 9.59 Å². The van der Waals surface area contributed by atoms with Crippen LogP contribution in [0.5, 0.6) is 0 Å². The monoisotopic (exact) mass is 379 g/mol. The van der Waals surface area contributed by atoms with E-state index in [0.717, 1.165) is 17.0 Å². The predicted molar refractivity (Wildman–Crippen MR) is 107 cm³/mol. The zero-order chi connectivity index (χ0) is 19.9. The van der Waals surface area contributed by atoms with Gasteiger partial charge in [-0.1, -0.05) is 50.2 Å². The highest BCUT2D eigenvalue weighted by atomic mass is 16.2. The highest BCUT2D eigenvalue weighted by Crippen LogP contribution is 2.06. The predicted octanol–water partition coefficient (Wildman–Crippen LogP) is 1.77. The van der Waals surface area contributed by atoms with E-state index >= 15 is 0 Å². The minimum Gasteiger partial charge on any atom is -0.354 e. The van der Waals surface area contributed by atoms with Gasteiger partial charge in [0, 0.05) is 19.2 Å². The highest BCUT2D eigenvalue weighted by Gasteiger charge is 2.24. The smallest absolute Gasteiger partial charge is 0.242 e. The first-order valence-electron chi connectivity index (χ1n) is 9.44. The van der Waals surface area contributed by atoms with Gasteiger partial charge < -0.3 is 10.6 Å². The molecule has 0 aliphatic rings. The van der Waals surface area contributed by atoms with Crippen LogP contribution in [0.1, 0.15) is 25.2 Å². The summed E-state index contributed by atoms with van der Waals surface area (Å²) in [6.07, 6.45) is 2.70. The van der Waals surface area contributed by atoms with E-state index in [1.807, 2.05) is 73.0 Å². The fraction of sp³-hybridized carbons (Fsp3) is 0.333. The second-order valence-corrected chi connectivity index (χ2v) is 7.04. The number of carbonyl (C=O) groups excluding carboxylic acids is 2. The molecule has 1 atom stereocenters. The molecule has 7 nitrogen and oxygen atoms in total. The van der Waals surface area contributed by atoms with Crippen molar-refractivity contribution >= 4 is 17.5 Å². The Hall–Kier alpha value is -3.22. The number of pyridine rings is 1. The van der Waals surface area contributed by atoms with Crippen LogP contribution in [0.2, 0.25) is 0 Å². The van der Waals surface area contributed by atoms with Crippen LogP contribution in [0.15, 0.2) is 54.7 Å². The zero-order valence-electron chi connectivity index (χ0n) is 16.1. The molecular weight excluding hydrogens is 354 g/mol. The second kappa shape index (κ2) is 9.12. The minimum absolute atomic E-state index is 0.0198. The summed E-state index contributed by atoms with van der Waals surface area (Å²) in [5.41, 5.74) is 1.69. The summed E-state index contributed by atoms with van der Waals surface area (Å²) in [4.78, 5) is 24.9. The van der Waals surface area contributed by atoms with E-state index in [-0.39, 0.29) is 24.2 Å². The third-order valence-electron chi connectivity index (χ3n) is 4.51. The van der Waals surface area contributed by atoms with E-state index in [1.165, 1.54) is 0 Å². The summed E-state index contributed by atoms with van der Waals surface area (Å²) >= 11 is 0. The van der Waals surface area contributed by atoms with Gasteiger partial charge in [0.25, 0.3) is 0 Å². The van der Waals surface area contributed by atoms with Crippen molar-refractivity contribution in [3.8, 4) is 0 Å². The lowest BCUT2D eigenvalue weighted by molar-refractivity contribution is -0.129. The van der Waals surface area contributed by atoms with Crippen LogP contribution in [-0.4, -0.2) is 39.0 Å². The van der Waals surface area contributed by atoms with Gasteiger partial charge in [-0.15, -0.1) is 10.2 Å². The molecule has 1 aromatic carbocycles. The van der Waals surface area contributed by atoms with Crippen molar-refractivity contribution in [1.82, 2.24) is 25.2 Å². The van der Waals surface area contributed by atoms with Crippen molar-refractivity contribution < 1.29 is 9.59 Å². The number of hydrogen-bond donors (Lipinski definition) is 2. The second-order valence-electron chi connectivity index (χ2n) is 7.04. The number of amides is 2. The molecule has 0 radical (unpaired) electrons. The quantitative estimate of drug-likeness (QED) is 0.624. The Balaban J connectivity index is 1.53. The number of benzene rings is 1. The standard InChI is InChI=1S/C21H25N5O2/c1-15(2)20(23-19(27)14-16-8-4-3-5-9-16)21(28)22-12-11-18-25-24-17-10-6-7-13-26(17)18/h3-10,13,15,20H,11-12,14H2,1-2H3,(H,22,28)(H,23,27). The number of nitrogens with zero attached hydrogens (tertiary/aromatic N) is 3. The molecule has 3 aromatic rings. The number of carbonyl (C=O) groups is 2. The highest BCUT2D eigenvalue weighted by molar-refractivity contribution is 5.88. The molecular formula is C21H25N5O2. The molecule has 2 N–H and O–H groups in total. The average Bonchev–Trinajstić information content (AvgIpc) is 3.10. The lowest BCUT2D eigenvalue weighted by atomic mass is 10.0. The van der Waals surface area contributed by atoms with Crippen molar-refractivity contribution in [1.29, 1.82) is 0 Å². The van der Waals surface area contributed by atoms with Gasteiger partial charge in [-0.05, 0) is 23.6 Å². The van der Waals surface area contributed by atoms with Crippen LogP contribution < -0.4 is 10.6 Å². The third-order valence-corrected chi connectivity index (χ3v) is 4.51. The largest absolute Gasteiger partial charge is 0.354 e. The topological polar surface area (TPSA) is 88.4 Å². The van der Waals surface area contributed by atoms with Crippen LogP contribution in [0.4, 0.5) is 0 Å². The van der Waals surface area contributed by atoms with Gasteiger partial charge in [0.2, 0.25) is 11.8 Å². The first-order chi connectivity index (χ1) is 13.5. The van der Waals surface area contributed by atoms with E-state index < -0.39 is 6.04 Å². The first-order valence-corrected chi connectivity index (χ1v) is 9.44. The molecule has 0 fully saturated rings. The van der Waals surface area contributed by atoms with Crippen molar-refractivity contribution in [3.63, 3.8) is 0 Å². The van der Waals surface area contributed by atoms with Gasteiger partial charge in [0.05, 0.1) is 6.42 Å². The summed E-state index contributed by atoms with van der Waals surface area (Å²) < 4.78 is 1.90. The van der Waals surface area contributed by atoms with Crippen LogP contribution in [0.25, 0.3) is 5.65 Å². The molecule has 0 saturated heterocycles. The van der Waals surface area contributed by atoms with E-state index in [4.69, 9.17) is 0 Å². The molecule has 1 unspecified atom stereocenters. The summed E-state index contributed by atoms with van der Waals surface area (Å²) in [6.45, 7) is 4.25. The summed E-state index contributed by atoms with van der Waals surface area (Å²) in [7, 11) is 0. The van der Waals surface area contributed by atoms with Crippen molar-refractivity contribution in [2.75, 3.05) is 6.54 Å². The van der Waals surface area contributed by atoms with Gasteiger partial charge in [-0.3, -0.25) is 14.0 Å². The fourth-order valence-corrected chi connectivity index (χ4v) is 3.01. The van der Waals surface area contributed by atoms with Gasteiger partial charge in [-0.2, -0.15) is 0 Å².